The first-order valence-corrected chi connectivity index (χ1v) is 23.0. The minimum atomic E-state index is 1.24. The largest absolute Gasteiger partial charge is 0.135 e. The lowest BCUT2D eigenvalue weighted by Gasteiger charge is -2.15. The molecule has 2 heterocycles. The van der Waals surface area contributed by atoms with E-state index >= 15 is 0 Å². The van der Waals surface area contributed by atoms with Gasteiger partial charge in [0.1, 0.15) is 0 Å². The van der Waals surface area contributed by atoms with Crippen LogP contribution < -0.4 is 0 Å². The Hall–Kier alpha value is -7.36. The van der Waals surface area contributed by atoms with Gasteiger partial charge in [-0.05, 0) is 128 Å². The molecule has 0 spiro atoms. The van der Waals surface area contributed by atoms with Gasteiger partial charge >= 0.3 is 0 Å². The van der Waals surface area contributed by atoms with E-state index in [0.29, 0.717) is 0 Å². The number of benzene rings is 12. The first-order valence-electron chi connectivity index (χ1n) is 21.3. The third-order valence-corrected chi connectivity index (χ3v) is 15.9. The Kier molecular flexibility index (Phi) is 7.24. The fourth-order valence-corrected chi connectivity index (χ4v) is 13.1. The van der Waals surface area contributed by atoms with Gasteiger partial charge in [-0.2, -0.15) is 0 Å². The molecule has 0 atom stereocenters. The van der Waals surface area contributed by atoms with Crippen LogP contribution in [0.4, 0.5) is 0 Å². The predicted molar refractivity (Wildman–Crippen MR) is 274 cm³/mol. The van der Waals surface area contributed by atoms with Crippen LogP contribution in [0.3, 0.4) is 0 Å². The van der Waals surface area contributed by atoms with Crippen molar-refractivity contribution in [2.75, 3.05) is 0 Å². The van der Waals surface area contributed by atoms with E-state index < -0.39 is 0 Å². The summed E-state index contributed by atoms with van der Waals surface area (Å²) in [5.74, 6) is 0. The summed E-state index contributed by atoms with van der Waals surface area (Å²) in [6.07, 6.45) is 0. The van der Waals surface area contributed by atoms with E-state index in [9.17, 15) is 0 Å². The van der Waals surface area contributed by atoms with Crippen LogP contribution in [0, 0.1) is 0 Å². The zero-order valence-corrected chi connectivity index (χ0v) is 35.1. The van der Waals surface area contributed by atoms with E-state index in [1.165, 1.54) is 138 Å². The first-order chi connectivity index (χ1) is 30.7. The quantitative estimate of drug-likeness (QED) is 0.156. The van der Waals surface area contributed by atoms with Crippen LogP contribution in [0.5, 0.6) is 0 Å². The van der Waals surface area contributed by atoms with Crippen molar-refractivity contribution < 1.29 is 0 Å². The maximum atomic E-state index is 2.45. The summed E-state index contributed by atoms with van der Waals surface area (Å²) in [7, 11) is 0. The second-order valence-corrected chi connectivity index (χ2v) is 18.8. The maximum absolute atomic E-state index is 2.45. The molecule has 0 N–H and O–H groups in total. The summed E-state index contributed by atoms with van der Waals surface area (Å²) >= 11 is 3.81. The van der Waals surface area contributed by atoms with Crippen LogP contribution in [-0.2, 0) is 0 Å². The van der Waals surface area contributed by atoms with Gasteiger partial charge in [-0.15, -0.1) is 22.7 Å². The van der Waals surface area contributed by atoms with Gasteiger partial charge in [-0.3, -0.25) is 0 Å². The minimum absolute atomic E-state index is 1.24. The Morgan fingerprint density at radius 2 is 0.565 bits per heavy atom. The van der Waals surface area contributed by atoms with Crippen molar-refractivity contribution in [3.8, 4) is 33.4 Å². The molecule has 0 unspecified atom stereocenters. The highest BCUT2D eigenvalue weighted by atomic mass is 32.1. The molecule has 0 radical (unpaired) electrons. The van der Waals surface area contributed by atoms with E-state index in [2.05, 4.69) is 206 Å². The molecule has 0 amide bonds. The molecule has 14 aromatic rings. The van der Waals surface area contributed by atoms with Crippen molar-refractivity contribution in [1.82, 2.24) is 0 Å². The number of thiophene rings is 2. The standard InChI is InChI=1S/C60H34S2/c1-2-14-43-41(12-1)42-13-3-4-15-44(42)53-32-35(24-27-47(43)53)38-30-31-40(60-58(38)52-19-8-10-23-57(52)62-60)37-26-29-49-48-28-25-36(33-54(48)45-16-5-6-17-46(45)55(49)34-37)39-20-11-21-51-50-18-7-9-22-56(50)61-59(39)51/h1-34H. The van der Waals surface area contributed by atoms with Crippen LogP contribution in [-0.4, -0.2) is 0 Å². The lowest BCUT2D eigenvalue weighted by atomic mass is 9.89. The van der Waals surface area contributed by atoms with Gasteiger partial charge < -0.3 is 0 Å². The second-order valence-electron chi connectivity index (χ2n) is 16.7. The normalized spacial score (nSPS) is 12.2. The van der Waals surface area contributed by atoms with Gasteiger partial charge in [0.25, 0.3) is 0 Å². The summed E-state index contributed by atoms with van der Waals surface area (Å²) in [6, 6.07) is 77.4. The van der Waals surface area contributed by atoms with Crippen LogP contribution in [0.25, 0.3) is 138 Å². The predicted octanol–water partition coefficient (Wildman–Crippen LogP) is 18.3. The monoisotopic (exact) mass is 818 g/mol. The smallest absolute Gasteiger partial charge is 0.0440 e. The lowest BCUT2D eigenvalue weighted by Crippen LogP contribution is -1.88. The molecule has 2 heteroatoms. The molecule has 14 rings (SSSR count). The molecule has 0 fully saturated rings. The molecule has 286 valence electrons. The molecule has 0 aliphatic rings. The summed E-state index contributed by atoms with van der Waals surface area (Å²) in [6.45, 7) is 0. The molecule has 62 heavy (non-hydrogen) atoms. The molecule has 0 nitrogen and oxygen atoms in total. The highest BCUT2D eigenvalue weighted by Gasteiger charge is 2.19. The van der Waals surface area contributed by atoms with Gasteiger partial charge in [-0.1, -0.05) is 176 Å². The molecule has 0 saturated heterocycles. The van der Waals surface area contributed by atoms with E-state index in [1.54, 1.807) is 0 Å². The molecular formula is C60H34S2. The highest BCUT2D eigenvalue weighted by Crippen LogP contribution is 2.48. The third-order valence-electron chi connectivity index (χ3n) is 13.4. The van der Waals surface area contributed by atoms with Crippen molar-refractivity contribution in [2.24, 2.45) is 0 Å². The summed E-state index contributed by atoms with van der Waals surface area (Å²) in [5, 5.41) is 20.8. The van der Waals surface area contributed by atoms with Gasteiger partial charge in [-0.25, -0.2) is 0 Å². The zero-order valence-electron chi connectivity index (χ0n) is 33.4. The minimum Gasteiger partial charge on any atom is -0.135 e. The SMILES string of the molecule is c1ccc2c(c1)sc1c(-c3ccc4c5ccc(-c6ccc(-c7ccc8c9ccccc9c9ccccc9c8c7)c7c6sc6ccccc67)cc5c5ccccc5c4c3)cccc12. The number of rotatable bonds is 3. The molecular weight excluding hydrogens is 785 g/mol. The van der Waals surface area contributed by atoms with Gasteiger partial charge in [0, 0.05) is 40.3 Å². The molecule has 2 aromatic heterocycles. The number of hydrogen-bond acceptors (Lipinski definition) is 2. The van der Waals surface area contributed by atoms with Crippen LogP contribution >= 0.6 is 22.7 Å². The van der Waals surface area contributed by atoms with E-state index in [4.69, 9.17) is 0 Å². The Morgan fingerprint density at radius 1 is 0.210 bits per heavy atom. The van der Waals surface area contributed by atoms with Gasteiger partial charge in [0.15, 0.2) is 0 Å². The van der Waals surface area contributed by atoms with Crippen molar-refractivity contribution in [3.05, 3.63) is 206 Å². The Labute approximate surface area is 365 Å². The summed E-state index contributed by atoms with van der Waals surface area (Å²) in [5.41, 5.74) is 7.60. The Balaban J connectivity index is 0.965. The number of hydrogen-bond donors (Lipinski definition) is 0. The third kappa shape index (κ3) is 4.88. The topological polar surface area (TPSA) is 0 Å². The van der Waals surface area contributed by atoms with Gasteiger partial charge in [0.05, 0.1) is 0 Å². The Morgan fingerprint density at radius 3 is 1.10 bits per heavy atom. The Bertz CT molecular complexity index is 4160. The van der Waals surface area contributed by atoms with Crippen molar-refractivity contribution in [2.45, 2.75) is 0 Å². The number of fused-ring (bicyclic) bond motifs is 18. The lowest BCUT2D eigenvalue weighted by molar-refractivity contribution is 1.69. The summed E-state index contributed by atoms with van der Waals surface area (Å²) < 4.78 is 5.33. The fraction of sp³-hybridized carbons (Fsp3) is 0. The molecule has 12 aromatic carbocycles. The first kappa shape index (κ1) is 34.4. The maximum Gasteiger partial charge on any atom is 0.0440 e. The average molecular weight is 819 g/mol. The second kappa shape index (κ2) is 13.1. The fourth-order valence-electron chi connectivity index (χ4n) is 10.6. The molecule has 0 saturated carbocycles. The highest BCUT2D eigenvalue weighted by molar-refractivity contribution is 7.26. The zero-order chi connectivity index (χ0) is 40.5. The average Bonchev–Trinajstić information content (AvgIpc) is 3.93. The molecule has 0 bridgehead atoms. The van der Waals surface area contributed by atoms with Crippen molar-refractivity contribution in [3.63, 3.8) is 0 Å². The summed E-state index contributed by atoms with van der Waals surface area (Å²) in [4.78, 5) is 0. The van der Waals surface area contributed by atoms with Gasteiger partial charge in [0.2, 0.25) is 0 Å². The van der Waals surface area contributed by atoms with E-state index in [0.717, 1.165) is 0 Å². The van der Waals surface area contributed by atoms with Crippen LogP contribution in [0.1, 0.15) is 0 Å². The molecule has 0 aliphatic heterocycles. The van der Waals surface area contributed by atoms with Crippen LogP contribution in [0.15, 0.2) is 206 Å². The van der Waals surface area contributed by atoms with Crippen LogP contribution in [0.2, 0.25) is 0 Å². The van der Waals surface area contributed by atoms with E-state index in [-0.39, 0.29) is 0 Å². The van der Waals surface area contributed by atoms with E-state index in [1.807, 2.05) is 22.7 Å². The molecule has 0 aliphatic carbocycles. The van der Waals surface area contributed by atoms with Crippen molar-refractivity contribution in [1.29, 1.82) is 0 Å². The van der Waals surface area contributed by atoms with Crippen molar-refractivity contribution >= 4 is 128 Å².